The Kier molecular flexibility index (Phi) is 5.44. The number of aromatic nitrogens is 2. The van der Waals surface area contributed by atoms with Crippen LogP contribution in [0.3, 0.4) is 0 Å². The van der Waals surface area contributed by atoms with Crippen molar-refractivity contribution in [2.45, 2.75) is 23.5 Å². The van der Waals surface area contributed by atoms with Gasteiger partial charge in [-0.3, -0.25) is 4.90 Å². The highest BCUT2D eigenvalue weighted by molar-refractivity contribution is 7.89. The Morgan fingerprint density at radius 1 is 1.35 bits per heavy atom. The van der Waals surface area contributed by atoms with Crippen molar-refractivity contribution in [1.29, 1.82) is 0 Å². The van der Waals surface area contributed by atoms with Crippen LogP contribution in [0.15, 0.2) is 47.6 Å². The summed E-state index contributed by atoms with van der Waals surface area (Å²) >= 11 is 0. The molecule has 1 aromatic heterocycles. The van der Waals surface area contributed by atoms with Gasteiger partial charge in [0.15, 0.2) is 5.03 Å². The van der Waals surface area contributed by atoms with E-state index in [-0.39, 0.29) is 30.8 Å². The molecule has 0 aliphatic carbocycles. The molecule has 1 aliphatic rings. The van der Waals surface area contributed by atoms with Crippen LogP contribution in [0, 0.1) is 0 Å². The Bertz CT molecular complexity index is 839. The number of nitrogens with one attached hydrogen (secondary N) is 1. The number of ether oxygens (including phenoxy) is 1. The maximum atomic E-state index is 12.9. The number of hydrogen-bond donors (Lipinski definition) is 2. The molecule has 0 radical (unpaired) electrons. The topological polar surface area (TPSA) is 96.7 Å². The first-order chi connectivity index (χ1) is 12.4. The summed E-state index contributed by atoms with van der Waals surface area (Å²) in [7, 11) is -1.96. The maximum Gasteiger partial charge on any atom is 0.258 e. The smallest absolute Gasteiger partial charge is 0.258 e. The minimum absolute atomic E-state index is 0.0344. The van der Waals surface area contributed by atoms with E-state index in [0.717, 1.165) is 0 Å². The van der Waals surface area contributed by atoms with Gasteiger partial charge >= 0.3 is 0 Å². The molecule has 2 heterocycles. The van der Waals surface area contributed by atoms with Crippen LogP contribution in [0.25, 0.3) is 5.69 Å². The maximum absolute atomic E-state index is 12.9. The average molecular weight is 380 g/mol. The van der Waals surface area contributed by atoms with Gasteiger partial charge in [-0.15, -0.1) is 0 Å². The second kappa shape index (κ2) is 7.45. The van der Waals surface area contributed by atoms with Crippen molar-refractivity contribution in [3.05, 3.63) is 42.6 Å². The van der Waals surface area contributed by atoms with Crippen LogP contribution >= 0.6 is 0 Å². The summed E-state index contributed by atoms with van der Waals surface area (Å²) in [6.07, 6.45) is 1.45. The molecule has 3 rings (SSSR count). The number of likely N-dealkylation sites (N-methyl/N-ethyl adjacent to an activating group) is 1. The lowest BCUT2D eigenvalue weighted by Gasteiger charge is -2.47. The number of morpholine rings is 1. The lowest BCUT2D eigenvalue weighted by molar-refractivity contribution is -0.104. The van der Waals surface area contributed by atoms with E-state index in [2.05, 4.69) is 9.82 Å². The Hall–Kier alpha value is -1.78. The van der Waals surface area contributed by atoms with Crippen molar-refractivity contribution in [3.8, 4) is 5.69 Å². The molecule has 0 spiro atoms. The predicted octanol–water partition coefficient (Wildman–Crippen LogP) is 0.232. The molecule has 1 aromatic carbocycles. The van der Waals surface area contributed by atoms with Gasteiger partial charge in [0.05, 0.1) is 37.2 Å². The number of nitrogens with zero attached hydrogens (tertiary/aromatic N) is 3. The molecule has 0 amide bonds. The number of rotatable bonds is 6. The molecule has 2 N–H and O–H groups in total. The molecule has 8 nitrogen and oxygen atoms in total. The molecule has 2 aromatic rings. The summed E-state index contributed by atoms with van der Waals surface area (Å²) in [5, 5.41) is 14.1. The van der Waals surface area contributed by atoms with Crippen LogP contribution in [0.1, 0.15) is 6.92 Å². The number of benzene rings is 1. The van der Waals surface area contributed by atoms with Crippen molar-refractivity contribution >= 4 is 10.0 Å². The van der Waals surface area contributed by atoms with Gasteiger partial charge in [-0.1, -0.05) is 18.2 Å². The summed E-state index contributed by atoms with van der Waals surface area (Å²) in [6.45, 7) is 2.60. The zero-order valence-electron chi connectivity index (χ0n) is 14.9. The zero-order valence-corrected chi connectivity index (χ0v) is 15.7. The van der Waals surface area contributed by atoms with Crippen LogP contribution in [0.2, 0.25) is 0 Å². The van der Waals surface area contributed by atoms with E-state index >= 15 is 0 Å². The van der Waals surface area contributed by atoms with E-state index < -0.39 is 15.6 Å². The number of aliphatic hydroxyl groups is 1. The highest BCUT2D eigenvalue weighted by Gasteiger charge is 2.41. The summed E-state index contributed by atoms with van der Waals surface area (Å²) in [6, 6.07) is 10.6. The lowest BCUT2D eigenvalue weighted by atomic mass is 9.96. The van der Waals surface area contributed by atoms with Crippen molar-refractivity contribution in [2.24, 2.45) is 0 Å². The van der Waals surface area contributed by atoms with Crippen LogP contribution in [-0.4, -0.2) is 73.2 Å². The number of aliphatic hydroxyl groups excluding tert-OH is 1. The highest BCUT2D eigenvalue weighted by Crippen LogP contribution is 2.23. The number of hydrogen-bond acceptors (Lipinski definition) is 6. The summed E-state index contributed by atoms with van der Waals surface area (Å²) in [5.74, 6) is 0. The van der Waals surface area contributed by atoms with Gasteiger partial charge in [0.25, 0.3) is 10.0 Å². The standard InChI is InChI=1S/C17H24N4O4S/c1-14-10-25-13-17(12-22,20(14)2)11-19-26(23,24)16-8-9-18-21(16)15-6-4-3-5-7-15/h3-9,14,19,22H,10-13H2,1-2H3/t14-,17+/m1/s1. The Balaban J connectivity index is 1.83. The van der Waals surface area contributed by atoms with Gasteiger partial charge < -0.3 is 9.84 Å². The minimum atomic E-state index is -3.83. The van der Waals surface area contributed by atoms with Crippen molar-refractivity contribution < 1.29 is 18.3 Å². The summed E-state index contributed by atoms with van der Waals surface area (Å²) in [5.41, 5.74) is -0.149. The highest BCUT2D eigenvalue weighted by atomic mass is 32.2. The van der Waals surface area contributed by atoms with E-state index in [4.69, 9.17) is 4.74 Å². The third-order valence-corrected chi connectivity index (χ3v) is 6.29. The SMILES string of the molecule is C[C@@H]1COC[C@@](CO)(CNS(=O)(=O)c2ccnn2-c2ccccc2)N1C. The largest absolute Gasteiger partial charge is 0.394 e. The van der Waals surface area contributed by atoms with Crippen LogP contribution in [0.5, 0.6) is 0 Å². The molecule has 0 unspecified atom stereocenters. The molecule has 1 fully saturated rings. The molecular weight excluding hydrogens is 356 g/mol. The summed E-state index contributed by atoms with van der Waals surface area (Å²) < 4.78 is 35.3. The van der Waals surface area contributed by atoms with E-state index in [1.165, 1.54) is 16.9 Å². The Labute approximate surface area is 153 Å². The van der Waals surface area contributed by atoms with Gasteiger partial charge in [0.1, 0.15) is 0 Å². The van der Waals surface area contributed by atoms with Crippen LogP contribution in [0.4, 0.5) is 0 Å². The van der Waals surface area contributed by atoms with Gasteiger partial charge in [0, 0.05) is 12.6 Å². The molecule has 2 atom stereocenters. The fourth-order valence-corrected chi connectivity index (χ4v) is 4.28. The molecule has 9 heteroatoms. The molecule has 26 heavy (non-hydrogen) atoms. The lowest BCUT2D eigenvalue weighted by Crippen LogP contribution is -2.65. The zero-order chi connectivity index (χ0) is 18.8. The molecule has 1 saturated heterocycles. The quantitative estimate of drug-likeness (QED) is 0.745. The average Bonchev–Trinajstić information content (AvgIpc) is 3.15. The fraction of sp³-hybridized carbons (Fsp3) is 0.471. The van der Waals surface area contributed by atoms with Crippen LogP contribution in [-0.2, 0) is 14.8 Å². The van der Waals surface area contributed by atoms with E-state index in [0.29, 0.717) is 12.3 Å². The Morgan fingerprint density at radius 3 is 2.77 bits per heavy atom. The van der Waals surface area contributed by atoms with Gasteiger partial charge in [-0.05, 0) is 32.2 Å². The first-order valence-corrected chi connectivity index (χ1v) is 9.89. The molecule has 1 aliphatic heterocycles. The molecular formula is C17H24N4O4S. The Morgan fingerprint density at radius 2 is 2.08 bits per heavy atom. The molecule has 142 valence electrons. The van der Waals surface area contributed by atoms with Gasteiger partial charge in [-0.25, -0.2) is 17.8 Å². The molecule has 0 saturated carbocycles. The number of para-hydroxylation sites is 1. The normalized spacial score (nSPS) is 24.7. The van der Waals surface area contributed by atoms with E-state index in [1.54, 1.807) is 12.1 Å². The van der Waals surface area contributed by atoms with Gasteiger partial charge in [-0.2, -0.15) is 5.10 Å². The first kappa shape index (κ1) is 19.0. The third-order valence-electron chi connectivity index (χ3n) is 4.91. The van der Waals surface area contributed by atoms with Gasteiger partial charge in [0.2, 0.25) is 0 Å². The first-order valence-electron chi connectivity index (χ1n) is 8.40. The van der Waals surface area contributed by atoms with Crippen molar-refractivity contribution in [3.63, 3.8) is 0 Å². The fourth-order valence-electron chi connectivity index (χ4n) is 3.05. The predicted molar refractivity (Wildman–Crippen MR) is 96.6 cm³/mol. The van der Waals surface area contributed by atoms with Crippen molar-refractivity contribution in [2.75, 3.05) is 33.4 Å². The van der Waals surface area contributed by atoms with Crippen LogP contribution < -0.4 is 4.72 Å². The second-order valence-electron chi connectivity index (χ2n) is 6.60. The van der Waals surface area contributed by atoms with Crippen molar-refractivity contribution in [1.82, 2.24) is 19.4 Å². The third kappa shape index (κ3) is 3.53. The monoisotopic (exact) mass is 380 g/mol. The van der Waals surface area contributed by atoms with E-state index in [1.807, 2.05) is 37.1 Å². The summed E-state index contributed by atoms with van der Waals surface area (Å²) in [4.78, 5) is 1.97. The molecule has 0 bridgehead atoms. The minimum Gasteiger partial charge on any atom is -0.394 e. The van der Waals surface area contributed by atoms with E-state index in [9.17, 15) is 13.5 Å². The number of sulfonamides is 1. The second-order valence-corrected chi connectivity index (χ2v) is 8.31.